The van der Waals surface area contributed by atoms with Crippen molar-refractivity contribution >= 4 is 17.6 Å². The largest absolute Gasteiger partial charge is 0.465 e. The zero-order valence-corrected chi connectivity index (χ0v) is 13.6. The third-order valence-corrected chi connectivity index (χ3v) is 5.13. The normalized spacial score (nSPS) is 17.3. The van der Waals surface area contributed by atoms with E-state index in [0.717, 1.165) is 36.1 Å². The van der Waals surface area contributed by atoms with Gasteiger partial charge >= 0.3 is 5.97 Å². The van der Waals surface area contributed by atoms with E-state index < -0.39 is 0 Å². The van der Waals surface area contributed by atoms with Crippen LogP contribution in [0.1, 0.15) is 34.3 Å². The lowest BCUT2D eigenvalue weighted by Crippen LogP contribution is -2.38. The second kappa shape index (κ2) is 5.48. The van der Waals surface area contributed by atoms with Crippen LogP contribution in [0.15, 0.2) is 48.5 Å². The second-order valence-electron chi connectivity index (χ2n) is 6.49. The molecule has 2 aromatic carbocycles. The Kier molecular flexibility index (Phi) is 3.41. The SMILES string of the molecule is COC(=O)c1ccc2c(c1)CCN2C(=O)C1(c2ccccc2)CC1. The highest BCUT2D eigenvalue weighted by molar-refractivity contribution is 6.05. The summed E-state index contributed by atoms with van der Waals surface area (Å²) in [6, 6.07) is 15.5. The van der Waals surface area contributed by atoms with Crippen molar-refractivity contribution in [2.45, 2.75) is 24.7 Å². The molecule has 1 saturated carbocycles. The van der Waals surface area contributed by atoms with Gasteiger partial charge in [0.25, 0.3) is 0 Å². The number of methoxy groups -OCH3 is 1. The molecular weight excluding hydrogens is 302 g/mol. The predicted molar refractivity (Wildman–Crippen MR) is 91.2 cm³/mol. The molecule has 1 fully saturated rings. The number of hydrogen-bond donors (Lipinski definition) is 0. The predicted octanol–water partition coefficient (Wildman–Crippen LogP) is 3.09. The Balaban J connectivity index is 1.64. The van der Waals surface area contributed by atoms with Crippen LogP contribution >= 0.6 is 0 Å². The van der Waals surface area contributed by atoms with Crippen LogP contribution < -0.4 is 4.90 Å². The van der Waals surface area contributed by atoms with Gasteiger partial charge in [-0.25, -0.2) is 4.79 Å². The van der Waals surface area contributed by atoms with E-state index >= 15 is 0 Å². The molecule has 4 rings (SSSR count). The molecule has 122 valence electrons. The minimum atomic E-state index is -0.357. The molecule has 0 unspecified atom stereocenters. The number of amides is 1. The van der Waals surface area contributed by atoms with Crippen LogP contribution in [0.3, 0.4) is 0 Å². The van der Waals surface area contributed by atoms with Crippen molar-refractivity contribution in [1.29, 1.82) is 0 Å². The van der Waals surface area contributed by atoms with Crippen LogP contribution in [0.2, 0.25) is 0 Å². The van der Waals surface area contributed by atoms with Crippen LogP contribution in [-0.2, 0) is 21.4 Å². The highest BCUT2D eigenvalue weighted by Crippen LogP contribution is 2.50. The summed E-state index contributed by atoms with van der Waals surface area (Å²) in [5.41, 5.74) is 3.25. The molecular formula is C20H19NO3. The van der Waals surface area contributed by atoms with E-state index in [9.17, 15) is 9.59 Å². The van der Waals surface area contributed by atoms with Crippen LogP contribution in [0.4, 0.5) is 5.69 Å². The summed E-state index contributed by atoms with van der Waals surface area (Å²) in [4.78, 5) is 26.8. The Morgan fingerprint density at radius 3 is 2.50 bits per heavy atom. The number of rotatable bonds is 3. The molecule has 0 aromatic heterocycles. The van der Waals surface area contributed by atoms with Crippen molar-refractivity contribution < 1.29 is 14.3 Å². The summed E-state index contributed by atoms with van der Waals surface area (Å²) in [6.07, 6.45) is 2.58. The van der Waals surface area contributed by atoms with Gasteiger partial charge in [-0.2, -0.15) is 0 Å². The van der Waals surface area contributed by atoms with E-state index in [2.05, 4.69) is 0 Å². The summed E-state index contributed by atoms with van der Waals surface area (Å²) in [5.74, 6) is -0.163. The number of benzene rings is 2. The van der Waals surface area contributed by atoms with Gasteiger partial charge in [0.15, 0.2) is 0 Å². The number of fused-ring (bicyclic) bond motifs is 1. The standard InChI is InChI=1S/C20H19NO3/c1-24-18(22)15-7-8-17-14(13-15)9-12-21(17)19(23)20(10-11-20)16-5-3-2-4-6-16/h2-8,13H,9-12H2,1H3. The van der Waals surface area contributed by atoms with Crippen molar-refractivity contribution in [2.24, 2.45) is 0 Å². The number of esters is 1. The fourth-order valence-electron chi connectivity index (χ4n) is 3.62. The van der Waals surface area contributed by atoms with Gasteiger partial charge in [-0.15, -0.1) is 0 Å². The van der Waals surface area contributed by atoms with E-state index in [1.54, 1.807) is 6.07 Å². The van der Waals surface area contributed by atoms with E-state index in [1.807, 2.05) is 47.4 Å². The number of ether oxygens (including phenoxy) is 1. The topological polar surface area (TPSA) is 46.6 Å². The second-order valence-corrected chi connectivity index (χ2v) is 6.49. The Morgan fingerprint density at radius 2 is 1.83 bits per heavy atom. The molecule has 2 aliphatic rings. The quantitative estimate of drug-likeness (QED) is 0.816. The first-order valence-electron chi connectivity index (χ1n) is 8.24. The smallest absolute Gasteiger partial charge is 0.337 e. The van der Waals surface area contributed by atoms with Gasteiger partial charge in [-0.1, -0.05) is 30.3 Å². The highest BCUT2D eigenvalue weighted by atomic mass is 16.5. The Hall–Kier alpha value is -2.62. The monoisotopic (exact) mass is 321 g/mol. The van der Waals surface area contributed by atoms with Crippen molar-refractivity contribution in [2.75, 3.05) is 18.6 Å². The first-order valence-corrected chi connectivity index (χ1v) is 8.24. The molecule has 4 heteroatoms. The molecule has 1 amide bonds. The molecule has 2 aromatic rings. The average molecular weight is 321 g/mol. The minimum absolute atomic E-state index is 0.179. The fraction of sp³-hybridized carbons (Fsp3) is 0.300. The van der Waals surface area contributed by atoms with E-state index in [-0.39, 0.29) is 17.3 Å². The maximum Gasteiger partial charge on any atom is 0.337 e. The first kappa shape index (κ1) is 14.9. The Labute approximate surface area is 141 Å². The molecule has 0 atom stereocenters. The zero-order valence-electron chi connectivity index (χ0n) is 13.6. The summed E-state index contributed by atoms with van der Waals surface area (Å²) in [7, 11) is 1.38. The van der Waals surface area contributed by atoms with E-state index in [4.69, 9.17) is 4.74 Å². The van der Waals surface area contributed by atoms with Crippen LogP contribution in [0.5, 0.6) is 0 Å². The van der Waals surface area contributed by atoms with Gasteiger partial charge in [-0.05, 0) is 48.6 Å². The number of hydrogen-bond acceptors (Lipinski definition) is 3. The van der Waals surface area contributed by atoms with Crippen LogP contribution in [0.25, 0.3) is 0 Å². The molecule has 0 saturated heterocycles. The van der Waals surface area contributed by atoms with Gasteiger partial charge in [0.1, 0.15) is 0 Å². The van der Waals surface area contributed by atoms with Gasteiger partial charge in [-0.3, -0.25) is 4.79 Å². The van der Waals surface area contributed by atoms with Crippen LogP contribution in [0, 0.1) is 0 Å². The summed E-state index contributed by atoms with van der Waals surface area (Å²) < 4.78 is 4.77. The van der Waals surface area contributed by atoms with Gasteiger partial charge in [0, 0.05) is 12.2 Å². The third kappa shape index (κ3) is 2.21. The van der Waals surface area contributed by atoms with Crippen molar-refractivity contribution in [1.82, 2.24) is 0 Å². The molecule has 0 N–H and O–H groups in total. The number of nitrogens with zero attached hydrogens (tertiary/aromatic N) is 1. The molecule has 0 radical (unpaired) electrons. The fourth-order valence-corrected chi connectivity index (χ4v) is 3.62. The zero-order chi connectivity index (χ0) is 16.7. The lowest BCUT2D eigenvalue weighted by Gasteiger charge is -2.24. The molecule has 0 bridgehead atoms. The summed E-state index contributed by atoms with van der Waals surface area (Å²) in [5, 5.41) is 0. The van der Waals surface area contributed by atoms with Crippen molar-refractivity contribution in [3.63, 3.8) is 0 Å². The van der Waals surface area contributed by atoms with Crippen LogP contribution in [-0.4, -0.2) is 25.5 Å². The van der Waals surface area contributed by atoms with Gasteiger partial charge in [0.05, 0.1) is 18.1 Å². The summed E-state index contributed by atoms with van der Waals surface area (Å²) in [6.45, 7) is 0.674. The summed E-state index contributed by atoms with van der Waals surface area (Å²) >= 11 is 0. The number of carbonyl (C=O) groups excluding carboxylic acids is 2. The lowest BCUT2D eigenvalue weighted by molar-refractivity contribution is -0.120. The molecule has 1 aliphatic carbocycles. The Bertz CT molecular complexity index is 809. The molecule has 1 aliphatic heterocycles. The van der Waals surface area contributed by atoms with Gasteiger partial charge in [0.2, 0.25) is 5.91 Å². The van der Waals surface area contributed by atoms with Gasteiger partial charge < -0.3 is 9.64 Å². The van der Waals surface area contributed by atoms with Crippen molar-refractivity contribution in [3.05, 3.63) is 65.2 Å². The molecule has 24 heavy (non-hydrogen) atoms. The Morgan fingerprint density at radius 1 is 1.08 bits per heavy atom. The number of carbonyl (C=O) groups is 2. The number of anilines is 1. The molecule has 4 nitrogen and oxygen atoms in total. The van der Waals surface area contributed by atoms with Crippen molar-refractivity contribution in [3.8, 4) is 0 Å². The maximum atomic E-state index is 13.2. The maximum absolute atomic E-state index is 13.2. The first-order chi connectivity index (χ1) is 11.7. The average Bonchev–Trinajstić information content (AvgIpc) is 3.34. The molecule has 1 heterocycles. The minimum Gasteiger partial charge on any atom is -0.465 e. The lowest BCUT2D eigenvalue weighted by atomic mass is 9.94. The highest BCUT2D eigenvalue weighted by Gasteiger charge is 2.53. The van der Waals surface area contributed by atoms with E-state index in [0.29, 0.717) is 12.1 Å². The third-order valence-electron chi connectivity index (χ3n) is 5.13. The molecule has 0 spiro atoms. The van der Waals surface area contributed by atoms with E-state index in [1.165, 1.54) is 7.11 Å².